The summed E-state index contributed by atoms with van der Waals surface area (Å²) in [5, 5.41) is 10.9. The van der Waals surface area contributed by atoms with Crippen molar-refractivity contribution in [2.45, 2.75) is 24.9 Å². The molecule has 0 N–H and O–H groups in total. The molecule has 1 aromatic heterocycles. The maximum Gasteiger partial charge on any atom is 0.417 e. The Kier molecular flexibility index (Phi) is 6.71. The van der Waals surface area contributed by atoms with Gasteiger partial charge < -0.3 is 4.74 Å². The summed E-state index contributed by atoms with van der Waals surface area (Å²) in [6, 6.07) is 3.48. The van der Waals surface area contributed by atoms with Crippen LogP contribution in [-0.4, -0.2) is 35.7 Å². The predicted octanol–water partition coefficient (Wildman–Crippen LogP) is 4.48. The van der Waals surface area contributed by atoms with Crippen LogP contribution in [-0.2, 0) is 16.2 Å². The molecule has 1 aromatic carbocycles. The van der Waals surface area contributed by atoms with Gasteiger partial charge in [-0.1, -0.05) is 25.4 Å². The maximum absolute atomic E-state index is 12.7. The van der Waals surface area contributed by atoms with Gasteiger partial charge in [-0.25, -0.2) is 13.4 Å². The molecule has 0 saturated carbocycles. The monoisotopic (exact) mass is 453 g/mol. The zero-order chi connectivity index (χ0) is 22.0. The summed E-state index contributed by atoms with van der Waals surface area (Å²) in [6.07, 6.45) is -4.21. The molecule has 2 aromatic rings. The van der Waals surface area contributed by atoms with Gasteiger partial charge in [0.15, 0.2) is 0 Å². The molecule has 29 heavy (non-hydrogen) atoms. The second-order valence-electron chi connectivity index (χ2n) is 5.59. The van der Waals surface area contributed by atoms with E-state index >= 15 is 0 Å². The van der Waals surface area contributed by atoms with Crippen LogP contribution in [0.2, 0.25) is 5.02 Å². The number of halogens is 4. The number of nitro benzene ring substituents is 1. The smallest absolute Gasteiger partial charge is 0.417 e. The third-order valence-electron chi connectivity index (χ3n) is 3.81. The Morgan fingerprint density at radius 3 is 2.34 bits per heavy atom. The molecule has 0 bridgehead atoms. The minimum Gasteiger partial charge on any atom is -0.430 e. The van der Waals surface area contributed by atoms with Crippen LogP contribution < -0.4 is 4.74 Å². The number of aromatic nitrogens is 1. The van der Waals surface area contributed by atoms with Crippen molar-refractivity contribution < 1.29 is 31.2 Å². The van der Waals surface area contributed by atoms with E-state index in [1.54, 1.807) is 13.8 Å². The quantitative estimate of drug-likeness (QED) is 0.452. The van der Waals surface area contributed by atoms with Crippen LogP contribution in [0, 0.1) is 10.1 Å². The standard InChI is InChI=1S/C16H15ClF3N3O5S/c1-3-22(4-2)29(26,27)11-5-6-14(13(8-11)23(24)25)28-15-12(17)7-10(9-21-15)16(18,19)20/h5-9H,3-4H2,1-2H3. The number of nitro groups is 1. The highest BCUT2D eigenvalue weighted by atomic mass is 35.5. The average Bonchev–Trinajstić information content (AvgIpc) is 2.63. The number of hydrogen-bond acceptors (Lipinski definition) is 6. The number of ether oxygens (including phenoxy) is 1. The van der Waals surface area contributed by atoms with Gasteiger partial charge >= 0.3 is 11.9 Å². The lowest BCUT2D eigenvalue weighted by Crippen LogP contribution is -2.30. The first-order valence-electron chi connectivity index (χ1n) is 8.11. The van der Waals surface area contributed by atoms with Crippen LogP contribution in [0.4, 0.5) is 18.9 Å². The van der Waals surface area contributed by atoms with E-state index < -0.39 is 49.0 Å². The van der Waals surface area contributed by atoms with Gasteiger partial charge in [0, 0.05) is 25.4 Å². The number of nitrogens with zero attached hydrogens (tertiary/aromatic N) is 3. The second-order valence-corrected chi connectivity index (χ2v) is 7.93. The molecule has 0 saturated heterocycles. The summed E-state index contributed by atoms with van der Waals surface area (Å²) < 4.78 is 69.5. The van der Waals surface area contributed by atoms with Gasteiger partial charge in [0.05, 0.1) is 15.4 Å². The summed E-state index contributed by atoms with van der Waals surface area (Å²) in [4.78, 5) is 13.6. The SMILES string of the molecule is CCN(CC)S(=O)(=O)c1ccc(Oc2ncc(C(F)(F)F)cc2Cl)c([N+](=O)[O-])c1. The third kappa shape index (κ3) is 4.95. The Labute approximate surface area is 169 Å². The second kappa shape index (κ2) is 8.51. The van der Waals surface area contributed by atoms with Crippen molar-refractivity contribution in [1.82, 2.24) is 9.29 Å². The van der Waals surface area contributed by atoms with Crippen molar-refractivity contribution >= 4 is 27.3 Å². The van der Waals surface area contributed by atoms with Gasteiger partial charge in [-0.05, 0) is 18.2 Å². The molecule has 0 unspecified atom stereocenters. The highest BCUT2D eigenvalue weighted by Gasteiger charge is 2.32. The molecule has 1 heterocycles. The van der Waals surface area contributed by atoms with Gasteiger partial charge in [0.1, 0.15) is 5.02 Å². The molecule has 8 nitrogen and oxygen atoms in total. The fourth-order valence-corrected chi connectivity index (χ4v) is 4.04. The van der Waals surface area contributed by atoms with Crippen molar-refractivity contribution in [3.05, 3.63) is 51.2 Å². The van der Waals surface area contributed by atoms with Crippen LogP contribution in [0.3, 0.4) is 0 Å². The highest BCUT2D eigenvalue weighted by Crippen LogP contribution is 2.38. The molecule has 13 heteroatoms. The Morgan fingerprint density at radius 1 is 1.24 bits per heavy atom. The van der Waals surface area contributed by atoms with Crippen LogP contribution in [0.25, 0.3) is 0 Å². The lowest BCUT2D eigenvalue weighted by atomic mass is 10.3. The van der Waals surface area contributed by atoms with Crippen LogP contribution in [0.5, 0.6) is 11.6 Å². The largest absolute Gasteiger partial charge is 0.430 e. The van der Waals surface area contributed by atoms with Crippen molar-refractivity contribution in [1.29, 1.82) is 0 Å². The molecular formula is C16H15ClF3N3O5S. The zero-order valence-electron chi connectivity index (χ0n) is 15.1. The number of benzene rings is 1. The first-order chi connectivity index (χ1) is 13.4. The summed E-state index contributed by atoms with van der Waals surface area (Å²) in [7, 11) is -3.97. The van der Waals surface area contributed by atoms with Crippen LogP contribution in [0.15, 0.2) is 35.4 Å². The summed E-state index contributed by atoms with van der Waals surface area (Å²) >= 11 is 5.74. The summed E-state index contributed by atoms with van der Waals surface area (Å²) in [6.45, 7) is 3.56. The molecule has 2 rings (SSSR count). The lowest BCUT2D eigenvalue weighted by Gasteiger charge is -2.18. The molecule has 0 aliphatic carbocycles. The number of sulfonamides is 1. The van der Waals surface area contributed by atoms with Gasteiger partial charge in [-0.15, -0.1) is 0 Å². The molecule has 0 spiro atoms. The van der Waals surface area contributed by atoms with Crippen LogP contribution >= 0.6 is 11.6 Å². The number of rotatable bonds is 7. The lowest BCUT2D eigenvalue weighted by molar-refractivity contribution is -0.385. The van der Waals surface area contributed by atoms with Crippen molar-refractivity contribution in [2.75, 3.05) is 13.1 Å². The predicted molar refractivity (Wildman–Crippen MR) is 97.5 cm³/mol. The van der Waals surface area contributed by atoms with Gasteiger partial charge in [0.2, 0.25) is 21.7 Å². The van der Waals surface area contributed by atoms with Crippen molar-refractivity contribution in [2.24, 2.45) is 0 Å². The molecular weight excluding hydrogens is 439 g/mol. The Balaban J connectivity index is 2.47. The molecule has 0 atom stereocenters. The van der Waals surface area contributed by atoms with E-state index in [1.165, 1.54) is 0 Å². The maximum atomic E-state index is 12.7. The first kappa shape index (κ1) is 22.8. The number of pyridine rings is 1. The van der Waals surface area contributed by atoms with E-state index in [-0.39, 0.29) is 18.0 Å². The van der Waals surface area contributed by atoms with E-state index in [0.29, 0.717) is 12.3 Å². The van der Waals surface area contributed by atoms with E-state index in [9.17, 15) is 31.7 Å². The fraction of sp³-hybridized carbons (Fsp3) is 0.312. The molecule has 0 fully saturated rings. The normalized spacial score (nSPS) is 12.2. The first-order valence-corrected chi connectivity index (χ1v) is 9.92. The third-order valence-corrected chi connectivity index (χ3v) is 6.13. The Morgan fingerprint density at radius 2 is 1.86 bits per heavy atom. The van der Waals surface area contributed by atoms with Crippen molar-refractivity contribution in [3.8, 4) is 11.6 Å². The van der Waals surface area contributed by atoms with Gasteiger partial charge in [-0.2, -0.15) is 17.5 Å². The number of hydrogen-bond donors (Lipinski definition) is 0. The molecule has 0 aliphatic heterocycles. The van der Waals surface area contributed by atoms with Crippen molar-refractivity contribution in [3.63, 3.8) is 0 Å². The Bertz CT molecular complexity index is 1030. The van der Waals surface area contributed by atoms with Gasteiger partial charge in [0.25, 0.3) is 0 Å². The molecule has 158 valence electrons. The van der Waals surface area contributed by atoms with E-state index in [4.69, 9.17) is 16.3 Å². The van der Waals surface area contributed by atoms with Gasteiger partial charge in [-0.3, -0.25) is 10.1 Å². The van der Waals surface area contributed by atoms with Crippen LogP contribution in [0.1, 0.15) is 19.4 Å². The molecule has 0 amide bonds. The van der Waals surface area contributed by atoms with E-state index in [2.05, 4.69) is 4.98 Å². The summed E-state index contributed by atoms with van der Waals surface area (Å²) in [5.74, 6) is -0.926. The minimum absolute atomic E-state index is 0.163. The zero-order valence-corrected chi connectivity index (χ0v) is 16.7. The average molecular weight is 454 g/mol. The van der Waals surface area contributed by atoms with E-state index in [1.807, 2.05) is 0 Å². The molecule has 0 aliphatic rings. The fourth-order valence-electron chi connectivity index (χ4n) is 2.36. The topological polar surface area (TPSA) is 103 Å². The summed E-state index contributed by atoms with van der Waals surface area (Å²) in [5.41, 5.74) is -1.83. The van der Waals surface area contributed by atoms with E-state index in [0.717, 1.165) is 22.5 Å². The molecule has 0 radical (unpaired) electrons. The number of alkyl halides is 3. The Hall–Kier alpha value is -2.44. The minimum atomic E-state index is -4.68. The highest BCUT2D eigenvalue weighted by molar-refractivity contribution is 7.89.